The lowest BCUT2D eigenvalue weighted by Crippen LogP contribution is -2.18. The van der Waals surface area contributed by atoms with Crippen molar-refractivity contribution in [1.82, 2.24) is 4.98 Å². The molecule has 0 amide bonds. The monoisotopic (exact) mass is 315 g/mol. The normalized spacial score (nSPS) is 11.3. The Morgan fingerprint density at radius 2 is 1.86 bits per heavy atom. The summed E-state index contributed by atoms with van der Waals surface area (Å²) in [5, 5.41) is 8.83. The molecule has 0 aliphatic rings. The van der Waals surface area contributed by atoms with E-state index >= 15 is 0 Å². The van der Waals surface area contributed by atoms with Gasteiger partial charge in [0.15, 0.2) is 0 Å². The number of pyridine rings is 1. The maximum Gasteiger partial charge on any atom is 0.573 e. The van der Waals surface area contributed by atoms with Gasteiger partial charge >= 0.3 is 12.3 Å². The van der Waals surface area contributed by atoms with Crippen molar-refractivity contribution in [2.45, 2.75) is 12.8 Å². The Hall–Kier alpha value is -2.64. The number of ether oxygens (including phenoxy) is 1. The Bertz CT molecular complexity index is 701. The minimum Gasteiger partial charge on any atom is -0.481 e. The highest BCUT2D eigenvalue weighted by Gasteiger charge is 2.32. The van der Waals surface area contributed by atoms with E-state index in [9.17, 15) is 22.4 Å². The second-order valence-electron chi connectivity index (χ2n) is 4.26. The van der Waals surface area contributed by atoms with Crippen LogP contribution in [0.3, 0.4) is 0 Å². The SMILES string of the molecule is O=C(O)Cc1ccc(F)nc1-c1ccccc1OC(F)(F)F. The minimum absolute atomic E-state index is 0.0760. The fourth-order valence-corrected chi connectivity index (χ4v) is 1.88. The van der Waals surface area contributed by atoms with Gasteiger partial charge in [0.1, 0.15) is 5.75 Å². The molecule has 1 aromatic carbocycles. The van der Waals surface area contributed by atoms with Gasteiger partial charge in [0.05, 0.1) is 12.1 Å². The zero-order valence-corrected chi connectivity index (χ0v) is 10.9. The minimum atomic E-state index is -4.93. The van der Waals surface area contributed by atoms with E-state index in [1.807, 2.05) is 0 Å². The van der Waals surface area contributed by atoms with Gasteiger partial charge in [-0.15, -0.1) is 13.2 Å². The number of aliphatic carboxylic acids is 1. The van der Waals surface area contributed by atoms with Crippen LogP contribution in [-0.2, 0) is 11.2 Å². The molecule has 4 nitrogen and oxygen atoms in total. The van der Waals surface area contributed by atoms with Crippen molar-refractivity contribution in [2.75, 3.05) is 0 Å². The summed E-state index contributed by atoms with van der Waals surface area (Å²) in [6.45, 7) is 0. The van der Waals surface area contributed by atoms with Gasteiger partial charge in [-0.1, -0.05) is 18.2 Å². The zero-order valence-electron chi connectivity index (χ0n) is 10.9. The molecule has 1 heterocycles. The maximum atomic E-state index is 13.3. The van der Waals surface area contributed by atoms with E-state index in [2.05, 4.69) is 9.72 Å². The van der Waals surface area contributed by atoms with Crippen molar-refractivity contribution in [3.63, 3.8) is 0 Å². The molecule has 116 valence electrons. The molecule has 0 spiro atoms. The highest BCUT2D eigenvalue weighted by Crippen LogP contribution is 2.34. The fraction of sp³-hybridized carbons (Fsp3) is 0.143. The van der Waals surface area contributed by atoms with E-state index in [4.69, 9.17) is 5.11 Å². The van der Waals surface area contributed by atoms with Crippen LogP contribution in [0.4, 0.5) is 17.6 Å². The largest absolute Gasteiger partial charge is 0.573 e. The predicted molar refractivity (Wildman–Crippen MR) is 67.7 cm³/mol. The third kappa shape index (κ3) is 3.94. The summed E-state index contributed by atoms with van der Waals surface area (Å²) >= 11 is 0. The molecule has 0 fully saturated rings. The van der Waals surface area contributed by atoms with E-state index in [0.29, 0.717) is 0 Å². The van der Waals surface area contributed by atoms with Crippen molar-refractivity contribution in [3.8, 4) is 17.0 Å². The van der Waals surface area contributed by atoms with Crippen LogP contribution in [0, 0.1) is 5.95 Å². The van der Waals surface area contributed by atoms with Gasteiger partial charge in [0, 0.05) is 5.56 Å². The molecule has 0 radical (unpaired) electrons. The number of hydrogen-bond donors (Lipinski definition) is 1. The van der Waals surface area contributed by atoms with Gasteiger partial charge < -0.3 is 9.84 Å². The molecule has 0 unspecified atom stereocenters. The van der Waals surface area contributed by atoms with Crippen molar-refractivity contribution in [2.24, 2.45) is 0 Å². The fourth-order valence-electron chi connectivity index (χ4n) is 1.88. The average molecular weight is 315 g/mol. The smallest absolute Gasteiger partial charge is 0.481 e. The first-order valence-corrected chi connectivity index (χ1v) is 5.98. The third-order valence-electron chi connectivity index (χ3n) is 2.65. The number of nitrogens with zero attached hydrogens (tertiary/aromatic N) is 1. The standard InChI is InChI=1S/C14H9F4NO3/c15-11-6-5-8(7-12(20)21)13(19-11)9-3-1-2-4-10(9)22-14(16,17)18/h1-6H,7H2,(H,20,21). The van der Waals surface area contributed by atoms with Gasteiger partial charge in [0.2, 0.25) is 5.95 Å². The van der Waals surface area contributed by atoms with E-state index in [1.54, 1.807) is 0 Å². The zero-order chi connectivity index (χ0) is 16.3. The summed E-state index contributed by atoms with van der Waals surface area (Å²) in [6.07, 6.45) is -5.45. The molecule has 0 atom stereocenters. The topological polar surface area (TPSA) is 59.4 Å². The summed E-state index contributed by atoms with van der Waals surface area (Å²) in [5.41, 5.74) is -0.273. The number of benzene rings is 1. The summed E-state index contributed by atoms with van der Waals surface area (Å²) in [6, 6.07) is 7.11. The first-order chi connectivity index (χ1) is 10.3. The number of carboxylic acid groups (broad SMARTS) is 1. The molecule has 22 heavy (non-hydrogen) atoms. The Labute approximate surface area is 122 Å². The highest BCUT2D eigenvalue weighted by atomic mass is 19.4. The summed E-state index contributed by atoms with van der Waals surface area (Å²) in [5.74, 6) is -2.74. The number of carboxylic acids is 1. The third-order valence-corrected chi connectivity index (χ3v) is 2.65. The van der Waals surface area contributed by atoms with Crippen molar-refractivity contribution in [3.05, 3.63) is 47.9 Å². The van der Waals surface area contributed by atoms with Gasteiger partial charge in [-0.3, -0.25) is 4.79 Å². The summed E-state index contributed by atoms with van der Waals surface area (Å²) in [7, 11) is 0. The molecular weight excluding hydrogens is 306 g/mol. The predicted octanol–water partition coefficient (Wildman–Crippen LogP) is 3.41. The first-order valence-electron chi connectivity index (χ1n) is 5.98. The van der Waals surface area contributed by atoms with E-state index in [1.165, 1.54) is 18.2 Å². The Morgan fingerprint density at radius 3 is 2.50 bits per heavy atom. The number of hydrogen-bond acceptors (Lipinski definition) is 3. The van der Waals surface area contributed by atoms with E-state index < -0.39 is 30.4 Å². The number of para-hydroxylation sites is 1. The van der Waals surface area contributed by atoms with Crippen molar-refractivity contribution >= 4 is 5.97 Å². The molecule has 0 saturated carbocycles. The molecule has 0 saturated heterocycles. The second-order valence-corrected chi connectivity index (χ2v) is 4.26. The second kappa shape index (κ2) is 6.00. The van der Waals surface area contributed by atoms with E-state index in [0.717, 1.165) is 18.2 Å². The van der Waals surface area contributed by atoms with Crippen LogP contribution in [0.15, 0.2) is 36.4 Å². The van der Waals surface area contributed by atoms with Crippen LogP contribution in [-0.4, -0.2) is 22.4 Å². The van der Waals surface area contributed by atoms with Crippen LogP contribution in [0.25, 0.3) is 11.3 Å². The average Bonchev–Trinajstić information content (AvgIpc) is 2.39. The molecule has 2 rings (SSSR count). The molecule has 0 aliphatic carbocycles. The van der Waals surface area contributed by atoms with E-state index in [-0.39, 0.29) is 16.8 Å². The number of carbonyl (C=O) groups is 1. The number of aromatic nitrogens is 1. The van der Waals surface area contributed by atoms with Gasteiger partial charge in [-0.05, 0) is 23.8 Å². The Balaban J connectivity index is 2.56. The Morgan fingerprint density at radius 1 is 1.18 bits per heavy atom. The van der Waals surface area contributed by atoms with Gasteiger partial charge in [-0.25, -0.2) is 4.98 Å². The quantitative estimate of drug-likeness (QED) is 0.694. The number of halogens is 4. The molecule has 0 bridgehead atoms. The lowest BCUT2D eigenvalue weighted by molar-refractivity contribution is -0.274. The summed E-state index contributed by atoms with van der Waals surface area (Å²) in [4.78, 5) is 14.3. The number of rotatable bonds is 4. The number of alkyl halides is 3. The van der Waals surface area contributed by atoms with Crippen LogP contribution in [0.1, 0.15) is 5.56 Å². The summed E-state index contributed by atoms with van der Waals surface area (Å²) < 4.78 is 54.4. The highest BCUT2D eigenvalue weighted by molar-refractivity contribution is 5.77. The van der Waals surface area contributed by atoms with Crippen molar-refractivity contribution in [1.29, 1.82) is 0 Å². The first kappa shape index (κ1) is 15.7. The molecule has 2 aromatic rings. The van der Waals surface area contributed by atoms with Crippen LogP contribution < -0.4 is 4.74 Å². The van der Waals surface area contributed by atoms with Crippen LogP contribution in [0.2, 0.25) is 0 Å². The van der Waals surface area contributed by atoms with Crippen molar-refractivity contribution < 1.29 is 32.2 Å². The molecule has 8 heteroatoms. The molecule has 0 aliphatic heterocycles. The maximum absolute atomic E-state index is 13.3. The molecule has 1 N–H and O–H groups in total. The van der Waals surface area contributed by atoms with Crippen LogP contribution >= 0.6 is 0 Å². The Kier molecular flexibility index (Phi) is 4.30. The van der Waals surface area contributed by atoms with Gasteiger partial charge in [0.25, 0.3) is 0 Å². The lowest BCUT2D eigenvalue weighted by Gasteiger charge is -2.14. The lowest BCUT2D eigenvalue weighted by atomic mass is 10.0. The van der Waals surface area contributed by atoms with Gasteiger partial charge in [-0.2, -0.15) is 4.39 Å². The molecule has 1 aromatic heterocycles. The molecular formula is C14H9F4NO3. The van der Waals surface area contributed by atoms with Crippen LogP contribution in [0.5, 0.6) is 5.75 Å².